The maximum atomic E-state index is 12.0. The van der Waals surface area contributed by atoms with Crippen molar-refractivity contribution < 1.29 is 9.53 Å². The molecule has 0 aliphatic carbocycles. The average molecular weight is 347 g/mol. The SMILES string of the molecule is CC(C)(C)OC(=O)N(C#N)CCc1ccc(-c2cccc(C#N)c2)cc1. The molecular formula is C21H21N3O2. The highest BCUT2D eigenvalue weighted by Gasteiger charge is 2.21. The van der Waals surface area contributed by atoms with Crippen molar-refractivity contribution in [3.05, 3.63) is 59.7 Å². The maximum Gasteiger partial charge on any atom is 0.423 e. The molecule has 0 aliphatic rings. The Morgan fingerprint density at radius 3 is 2.35 bits per heavy atom. The summed E-state index contributed by atoms with van der Waals surface area (Å²) in [6, 6.07) is 17.4. The van der Waals surface area contributed by atoms with Crippen molar-refractivity contribution in [2.75, 3.05) is 6.54 Å². The van der Waals surface area contributed by atoms with E-state index in [1.165, 1.54) is 0 Å². The Bertz CT molecular complexity index is 853. The van der Waals surface area contributed by atoms with Gasteiger partial charge in [0.2, 0.25) is 0 Å². The summed E-state index contributed by atoms with van der Waals surface area (Å²) in [5.41, 5.74) is 2.98. The first-order valence-electron chi connectivity index (χ1n) is 8.32. The lowest BCUT2D eigenvalue weighted by molar-refractivity contribution is 0.0350. The summed E-state index contributed by atoms with van der Waals surface area (Å²) in [5.74, 6) is 0. The minimum Gasteiger partial charge on any atom is -0.443 e. The number of rotatable bonds is 4. The highest BCUT2D eigenvalue weighted by Crippen LogP contribution is 2.21. The van der Waals surface area contributed by atoms with Gasteiger partial charge in [-0.15, -0.1) is 0 Å². The van der Waals surface area contributed by atoms with E-state index in [4.69, 9.17) is 15.3 Å². The molecule has 132 valence electrons. The van der Waals surface area contributed by atoms with E-state index in [9.17, 15) is 4.79 Å². The molecule has 0 N–H and O–H groups in total. The van der Waals surface area contributed by atoms with E-state index >= 15 is 0 Å². The monoisotopic (exact) mass is 347 g/mol. The van der Waals surface area contributed by atoms with E-state index in [2.05, 4.69) is 6.07 Å². The Balaban J connectivity index is 2.01. The average Bonchev–Trinajstić information content (AvgIpc) is 2.61. The summed E-state index contributed by atoms with van der Waals surface area (Å²) in [5, 5.41) is 18.2. The third kappa shape index (κ3) is 5.36. The van der Waals surface area contributed by atoms with Crippen molar-refractivity contribution in [3.8, 4) is 23.4 Å². The van der Waals surface area contributed by atoms with Crippen LogP contribution in [0.1, 0.15) is 31.9 Å². The van der Waals surface area contributed by atoms with Gasteiger partial charge in [0.15, 0.2) is 6.19 Å². The molecule has 5 heteroatoms. The van der Waals surface area contributed by atoms with Crippen LogP contribution in [0.3, 0.4) is 0 Å². The van der Waals surface area contributed by atoms with Gasteiger partial charge in [0.1, 0.15) is 5.60 Å². The summed E-state index contributed by atoms with van der Waals surface area (Å²) in [6.07, 6.45) is 1.79. The van der Waals surface area contributed by atoms with Crippen LogP contribution in [0, 0.1) is 22.8 Å². The molecular weight excluding hydrogens is 326 g/mol. The van der Waals surface area contributed by atoms with Crippen LogP contribution in [0.25, 0.3) is 11.1 Å². The van der Waals surface area contributed by atoms with Crippen molar-refractivity contribution in [1.29, 1.82) is 10.5 Å². The molecule has 0 spiro atoms. The zero-order valence-corrected chi connectivity index (χ0v) is 15.2. The van der Waals surface area contributed by atoms with E-state index in [-0.39, 0.29) is 6.54 Å². The highest BCUT2D eigenvalue weighted by atomic mass is 16.6. The third-order valence-corrected chi connectivity index (χ3v) is 3.64. The predicted octanol–water partition coefficient (Wildman–Crippen LogP) is 4.49. The minimum absolute atomic E-state index is 0.259. The van der Waals surface area contributed by atoms with Crippen LogP contribution in [-0.4, -0.2) is 23.1 Å². The van der Waals surface area contributed by atoms with Crippen molar-refractivity contribution in [1.82, 2.24) is 4.90 Å². The first kappa shape index (κ1) is 19.0. The van der Waals surface area contributed by atoms with Gasteiger partial charge in [0.05, 0.1) is 11.6 Å². The Labute approximate surface area is 154 Å². The molecule has 0 saturated carbocycles. The van der Waals surface area contributed by atoms with Crippen molar-refractivity contribution in [3.63, 3.8) is 0 Å². The zero-order valence-electron chi connectivity index (χ0n) is 15.2. The number of carbonyl (C=O) groups excluding carboxylic acids is 1. The fraction of sp³-hybridized carbons (Fsp3) is 0.286. The topological polar surface area (TPSA) is 77.1 Å². The summed E-state index contributed by atoms with van der Waals surface area (Å²) < 4.78 is 5.22. The normalized spacial score (nSPS) is 10.5. The fourth-order valence-corrected chi connectivity index (χ4v) is 2.37. The van der Waals surface area contributed by atoms with Crippen LogP contribution < -0.4 is 0 Å². The first-order valence-corrected chi connectivity index (χ1v) is 8.32. The van der Waals surface area contributed by atoms with E-state index in [0.717, 1.165) is 21.6 Å². The van der Waals surface area contributed by atoms with Gasteiger partial charge in [0.25, 0.3) is 0 Å². The lowest BCUT2D eigenvalue weighted by Gasteiger charge is -2.22. The van der Waals surface area contributed by atoms with Gasteiger partial charge < -0.3 is 4.74 Å². The van der Waals surface area contributed by atoms with Crippen LogP contribution in [0.4, 0.5) is 4.79 Å². The van der Waals surface area contributed by atoms with Crippen LogP contribution in [0.15, 0.2) is 48.5 Å². The first-order chi connectivity index (χ1) is 12.3. The molecule has 0 unspecified atom stereocenters. The molecule has 26 heavy (non-hydrogen) atoms. The number of ether oxygens (including phenoxy) is 1. The maximum absolute atomic E-state index is 12.0. The van der Waals surface area contributed by atoms with Crippen LogP contribution in [-0.2, 0) is 11.2 Å². The van der Waals surface area contributed by atoms with Crippen LogP contribution in [0.2, 0.25) is 0 Å². The molecule has 0 bridgehead atoms. The molecule has 0 saturated heterocycles. The van der Waals surface area contributed by atoms with Crippen molar-refractivity contribution >= 4 is 6.09 Å². The Morgan fingerprint density at radius 1 is 1.08 bits per heavy atom. The summed E-state index contributed by atoms with van der Waals surface area (Å²) in [6.45, 7) is 5.55. The molecule has 1 amide bonds. The minimum atomic E-state index is -0.634. The predicted molar refractivity (Wildman–Crippen MR) is 98.9 cm³/mol. The van der Waals surface area contributed by atoms with Crippen molar-refractivity contribution in [2.24, 2.45) is 0 Å². The summed E-state index contributed by atoms with van der Waals surface area (Å²) in [7, 11) is 0. The molecule has 0 heterocycles. The fourth-order valence-electron chi connectivity index (χ4n) is 2.37. The van der Waals surface area contributed by atoms with Gasteiger partial charge in [-0.1, -0.05) is 36.4 Å². The number of carbonyl (C=O) groups is 1. The van der Waals surface area contributed by atoms with E-state index in [1.54, 1.807) is 26.8 Å². The molecule has 0 aliphatic heterocycles. The van der Waals surface area contributed by atoms with Gasteiger partial charge in [-0.05, 0) is 56.0 Å². The number of hydrogen-bond acceptors (Lipinski definition) is 4. The summed E-state index contributed by atoms with van der Waals surface area (Å²) in [4.78, 5) is 13.0. The lowest BCUT2D eigenvalue weighted by atomic mass is 10.0. The standard InChI is InChI=1S/C21H21N3O2/c1-21(2,3)26-20(25)24(15-23)12-11-16-7-9-18(10-8-16)19-6-4-5-17(13-19)14-22/h4-10,13H,11-12H2,1-3H3. The van der Waals surface area contributed by atoms with E-state index < -0.39 is 11.7 Å². The number of hydrogen-bond donors (Lipinski definition) is 0. The molecule has 0 radical (unpaired) electrons. The molecule has 0 atom stereocenters. The molecule has 2 aromatic rings. The van der Waals surface area contributed by atoms with E-state index in [1.807, 2.05) is 48.7 Å². The Morgan fingerprint density at radius 2 is 1.77 bits per heavy atom. The second-order valence-corrected chi connectivity index (χ2v) is 6.87. The number of nitrogens with zero attached hydrogens (tertiary/aromatic N) is 3. The quantitative estimate of drug-likeness (QED) is 0.603. The van der Waals surface area contributed by atoms with Gasteiger partial charge in [-0.2, -0.15) is 10.5 Å². The van der Waals surface area contributed by atoms with Gasteiger partial charge in [0, 0.05) is 6.54 Å². The number of amides is 1. The number of nitriles is 2. The van der Waals surface area contributed by atoms with Crippen LogP contribution in [0.5, 0.6) is 0 Å². The molecule has 5 nitrogen and oxygen atoms in total. The number of benzene rings is 2. The molecule has 0 fully saturated rings. The second kappa shape index (κ2) is 8.18. The van der Waals surface area contributed by atoms with E-state index in [0.29, 0.717) is 12.0 Å². The summed E-state index contributed by atoms with van der Waals surface area (Å²) >= 11 is 0. The molecule has 2 rings (SSSR count). The Kier molecular flexibility index (Phi) is 5.98. The largest absolute Gasteiger partial charge is 0.443 e. The van der Waals surface area contributed by atoms with Gasteiger partial charge >= 0.3 is 6.09 Å². The van der Waals surface area contributed by atoms with Gasteiger partial charge in [-0.25, -0.2) is 9.69 Å². The smallest absolute Gasteiger partial charge is 0.423 e. The lowest BCUT2D eigenvalue weighted by Crippen LogP contribution is -2.35. The Hall–Kier alpha value is -3.31. The molecule has 0 aromatic heterocycles. The van der Waals surface area contributed by atoms with Crippen molar-refractivity contribution in [2.45, 2.75) is 32.8 Å². The highest BCUT2D eigenvalue weighted by molar-refractivity contribution is 5.70. The zero-order chi connectivity index (χ0) is 19.2. The second-order valence-electron chi connectivity index (χ2n) is 6.87. The molecule has 2 aromatic carbocycles. The van der Waals surface area contributed by atoms with Crippen LogP contribution >= 0.6 is 0 Å². The van der Waals surface area contributed by atoms with Gasteiger partial charge in [-0.3, -0.25) is 0 Å². The third-order valence-electron chi connectivity index (χ3n) is 3.64.